The molecule has 0 bridgehead atoms. The molecule has 0 heterocycles. The zero-order valence-electron chi connectivity index (χ0n) is 12.2. The monoisotopic (exact) mass is 333 g/mol. The molecule has 0 aliphatic rings. The maximum Gasteiger partial charge on any atom is 0.416 e. The molecule has 2 nitrogen and oxygen atoms in total. The van der Waals surface area contributed by atoms with Crippen molar-refractivity contribution in [1.82, 2.24) is 0 Å². The van der Waals surface area contributed by atoms with Gasteiger partial charge in [-0.1, -0.05) is 30.3 Å². The van der Waals surface area contributed by atoms with Crippen molar-refractivity contribution >= 4 is 22.7 Å². The lowest BCUT2D eigenvalue weighted by molar-refractivity contribution is -0.137. The molecule has 0 saturated heterocycles. The minimum absolute atomic E-state index is 0.0927. The lowest BCUT2D eigenvalue weighted by Crippen LogP contribution is -2.04. The summed E-state index contributed by atoms with van der Waals surface area (Å²) in [5, 5.41) is 11.5. The Morgan fingerprint density at radius 2 is 1.71 bits per heavy atom. The Bertz CT molecular complexity index is 932. The molecular weight excluding hydrogens is 322 g/mol. The number of aliphatic imine (C=N–C) groups is 1. The summed E-state index contributed by atoms with van der Waals surface area (Å²) in [6.07, 6.45) is -3.42. The number of benzene rings is 3. The standard InChI is InChI=1S/C18H11F4NO/c19-15-7-6-12(18(20,21)22)9-16(15)23-10-14-13-4-2-1-3-11(13)5-8-17(14)24/h1-10,24H. The first kappa shape index (κ1) is 16.0. The quantitative estimate of drug-likeness (QED) is 0.490. The van der Waals surface area contributed by atoms with E-state index in [1.165, 1.54) is 6.07 Å². The van der Waals surface area contributed by atoms with E-state index >= 15 is 0 Å². The van der Waals surface area contributed by atoms with Crippen molar-refractivity contribution in [2.45, 2.75) is 6.18 Å². The van der Waals surface area contributed by atoms with E-state index in [0.29, 0.717) is 23.1 Å². The summed E-state index contributed by atoms with van der Waals surface area (Å²) >= 11 is 0. The maximum atomic E-state index is 13.7. The number of fused-ring (bicyclic) bond motifs is 1. The van der Waals surface area contributed by atoms with E-state index in [1.807, 2.05) is 12.1 Å². The Balaban J connectivity index is 2.08. The van der Waals surface area contributed by atoms with Gasteiger partial charge in [0.1, 0.15) is 11.6 Å². The largest absolute Gasteiger partial charge is 0.507 e. The van der Waals surface area contributed by atoms with Gasteiger partial charge in [-0.05, 0) is 35.0 Å². The van der Waals surface area contributed by atoms with Crippen molar-refractivity contribution in [3.05, 3.63) is 71.5 Å². The zero-order chi connectivity index (χ0) is 17.3. The Morgan fingerprint density at radius 3 is 2.46 bits per heavy atom. The molecule has 3 rings (SSSR count). The number of phenols is 1. The van der Waals surface area contributed by atoms with Crippen molar-refractivity contribution in [3.8, 4) is 5.75 Å². The maximum absolute atomic E-state index is 13.7. The van der Waals surface area contributed by atoms with Gasteiger partial charge in [-0.25, -0.2) is 4.39 Å². The molecule has 0 spiro atoms. The summed E-state index contributed by atoms with van der Waals surface area (Å²) in [7, 11) is 0. The minimum Gasteiger partial charge on any atom is -0.507 e. The topological polar surface area (TPSA) is 32.6 Å². The molecule has 0 unspecified atom stereocenters. The fraction of sp³-hybridized carbons (Fsp3) is 0.0556. The van der Waals surface area contributed by atoms with Crippen LogP contribution in [0.4, 0.5) is 23.2 Å². The average Bonchev–Trinajstić information content (AvgIpc) is 2.54. The molecule has 0 radical (unpaired) electrons. The van der Waals surface area contributed by atoms with Crippen LogP contribution in [-0.4, -0.2) is 11.3 Å². The van der Waals surface area contributed by atoms with Gasteiger partial charge in [-0.15, -0.1) is 0 Å². The molecule has 0 aliphatic heterocycles. The molecule has 0 atom stereocenters. The predicted molar refractivity (Wildman–Crippen MR) is 84.3 cm³/mol. The number of hydrogen-bond donors (Lipinski definition) is 1. The van der Waals surface area contributed by atoms with Gasteiger partial charge < -0.3 is 5.11 Å². The first-order valence-corrected chi connectivity index (χ1v) is 6.98. The molecule has 1 N–H and O–H groups in total. The first-order chi connectivity index (χ1) is 11.4. The van der Waals surface area contributed by atoms with E-state index in [9.17, 15) is 22.7 Å². The molecule has 0 aliphatic carbocycles. The van der Waals surface area contributed by atoms with Gasteiger partial charge in [-0.3, -0.25) is 4.99 Å². The summed E-state index contributed by atoms with van der Waals surface area (Å²) in [6.45, 7) is 0. The van der Waals surface area contributed by atoms with Gasteiger partial charge in [0.05, 0.1) is 11.3 Å². The Labute approximate surface area is 134 Å². The second-order valence-corrected chi connectivity index (χ2v) is 5.14. The molecule has 122 valence electrons. The molecule has 3 aromatic carbocycles. The number of rotatable bonds is 2. The molecule has 0 aromatic heterocycles. The SMILES string of the molecule is Oc1ccc2ccccc2c1C=Nc1cc(C(F)(F)F)ccc1F. The van der Waals surface area contributed by atoms with Crippen molar-refractivity contribution in [3.63, 3.8) is 0 Å². The highest BCUT2D eigenvalue weighted by molar-refractivity contribution is 6.02. The van der Waals surface area contributed by atoms with Crippen LogP contribution in [0.1, 0.15) is 11.1 Å². The molecule has 0 saturated carbocycles. The van der Waals surface area contributed by atoms with Crippen molar-refractivity contribution in [1.29, 1.82) is 0 Å². The number of halogens is 4. The van der Waals surface area contributed by atoms with Crippen LogP contribution in [0.2, 0.25) is 0 Å². The third kappa shape index (κ3) is 3.08. The van der Waals surface area contributed by atoms with E-state index in [-0.39, 0.29) is 5.75 Å². The normalized spacial score (nSPS) is 12.2. The van der Waals surface area contributed by atoms with Gasteiger partial charge in [0, 0.05) is 11.8 Å². The summed E-state index contributed by atoms with van der Waals surface area (Å²) in [6, 6.07) is 12.3. The third-order valence-electron chi connectivity index (χ3n) is 3.55. The van der Waals surface area contributed by atoms with Gasteiger partial charge in [0.25, 0.3) is 0 Å². The predicted octanol–water partition coefficient (Wildman–Crippen LogP) is 5.45. The number of nitrogens with zero attached hydrogens (tertiary/aromatic N) is 1. The number of aromatic hydroxyl groups is 1. The van der Waals surface area contributed by atoms with Gasteiger partial charge in [0.15, 0.2) is 0 Å². The highest BCUT2D eigenvalue weighted by Crippen LogP contribution is 2.33. The van der Waals surface area contributed by atoms with Gasteiger partial charge in [0.2, 0.25) is 0 Å². The van der Waals surface area contributed by atoms with Crippen LogP contribution >= 0.6 is 0 Å². The summed E-state index contributed by atoms with van der Waals surface area (Å²) < 4.78 is 51.9. The third-order valence-corrected chi connectivity index (χ3v) is 3.55. The number of alkyl halides is 3. The highest BCUT2D eigenvalue weighted by Gasteiger charge is 2.31. The van der Waals surface area contributed by atoms with Crippen LogP contribution in [0.15, 0.2) is 59.6 Å². The fourth-order valence-corrected chi connectivity index (χ4v) is 2.34. The lowest BCUT2D eigenvalue weighted by atomic mass is 10.0. The van der Waals surface area contributed by atoms with Crippen molar-refractivity contribution in [2.24, 2.45) is 4.99 Å². The average molecular weight is 333 g/mol. The van der Waals surface area contributed by atoms with Crippen LogP contribution in [0, 0.1) is 5.82 Å². The van der Waals surface area contributed by atoms with Gasteiger partial charge in [-0.2, -0.15) is 13.2 Å². The number of phenolic OH excluding ortho intramolecular Hbond substituents is 1. The van der Waals surface area contributed by atoms with Crippen molar-refractivity contribution < 1.29 is 22.7 Å². The number of hydrogen-bond acceptors (Lipinski definition) is 2. The van der Waals surface area contributed by atoms with Crippen molar-refractivity contribution in [2.75, 3.05) is 0 Å². The van der Waals surface area contributed by atoms with E-state index in [0.717, 1.165) is 17.7 Å². The summed E-state index contributed by atoms with van der Waals surface area (Å²) in [5.74, 6) is -0.969. The molecule has 6 heteroatoms. The second kappa shape index (κ2) is 5.96. The van der Waals surface area contributed by atoms with E-state index in [4.69, 9.17) is 0 Å². The molecule has 3 aromatic rings. The van der Waals surface area contributed by atoms with E-state index < -0.39 is 23.2 Å². The van der Waals surface area contributed by atoms with E-state index in [2.05, 4.69) is 4.99 Å². The van der Waals surface area contributed by atoms with Crippen LogP contribution in [-0.2, 0) is 6.18 Å². The van der Waals surface area contributed by atoms with Crippen LogP contribution in [0.3, 0.4) is 0 Å². The minimum atomic E-state index is -4.58. The molecule has 24 heavy (non-hydrogen) atoms. The smallest absolute Gasteiger partial charge is 0.416 e. The van der Waals surface area contributed by atoms with E-state index in [1.54, 1.807) is 18.2 Å². The molecule has 0 amide bonds. The first-order valence-electron chi connectivity index (χ1n) is 6.98. The highest BCUT2D eigenvalue weighted by atomic mass is 19.4. The Kier molecular flexibility index (Phi) is 3.97. The fourth-order valence-electron chi connectivity index (χ4n) is 2.34. The van der Waals surface area contributed by atoms with Gasteiger partial charge >= 0.3 is 6.18 Å². The Morgan fingerprint density at radius 1 is 0.958 bits per heavy atom. The van der Waals surface area contributed by atoms with Crippen LogP contribution in [0.25, 0.3) is 10.8 Å². The Hall–Kier alpha value is -2.89. The summed E-state index contributed by atoms with van der Waals surface area (Å²) in [4.78, 5) is 3.80. The molecular formula is C18H11F4NO. The summed E-state index contributed by atoms with van der Waals surface area (Å²) in [5.41, 5.74) is -1.12. The second-order valence-electron chi connectivity index (χ2n) is 5.14. The lowest BCUT2D eigenvalue weighted by Gasteiger charge is -2.08. The van der Waals surface area contributed by atoms with Crippen LogP contribution in [0.5, 0.6) is 5.75 Å². The zero-order valence-corrected chi connectivity index (χ0v) is 12.2. The molecule has 0 fully saturated rings. The van der Waals surface area contributed by atoms with Crippen LogP contribution < -0.4 is 0 Å².